The number of nitrogens with one attached hydrogen (secondary N) is 1. The minimum Gasteiger partial charge on any atom is -0.345 e. The lowest BCUT2D eigenvalue weighted by molar-refractivity contribution is 0.405. The molecule has 3 N–H and O–H groups in total. The molecule has 2 fully saturated rings. The molecule has 2 atom stereocenters. The number of aromatic nitrogens is 5. The highest BCUT2D eigenvalue weighted by atomic mass is 35.5. The van der Waals surface area contributed by atoms with Crippen LogP contribution in [0.4, 0.5) is 5.95 Å². The van der Waals surface area contributed by atoms with Crippen molar-refractivity contribution in [1.29, 1.82) is 0 Å². The van der Waals surface area contributed by atoms with Crippen molar-refractivity contribution in [2.75, 3.05) is 4.90 Å². The van der Waals surface area contributed by atoms with Crippen LogP contribution >= 0.6 is 11.6 Å². The molecule has 166 valence electrons. The van der Waals surface area contributed by atoms with Gasteiger partial charge >= 0.3 is 0 Å². The second-order valence-corrected chi connectivity index (χ2v) is 9.45. The van der Waals surface area contributed by atoms with Crippen LogP contribution in [0.25, 0.3) is 33.1 Å². The lowest BCUT2D eigenvalue weighted by Gasteiger charge is -2.38. The molecule has 0 spiro atoms. The number of fused-ring (bicyclic) bond motifs is 4. The number of hydrogen-bond acceptors (Lipinski definition) is 5. The Labute approximate surface area is 190 Å². The van der Waals surface area contributed by atoms with Crippen molar-refractivity contribution >= 4 is 39.5 Å². The zero-order chi connectivity index (χ0) is 22.1. The third-order valence-corrected chi connectivity index (χ3v) is 7.58. The Balaban J connectivity index is 1.50. The molecule has 0 saturated carbocycles. The Morgan fingerprint density at radius 1 is 1.22 bits per heavy atom. The Morgan fingerprint density at radius 3 is 2.69 bits per heavy atom. The van der Waals surface area contributed by atoms with Gasteiger partial charge in [0.2, 0.25) is 5.95 Å². The molecule has 8 nitrogen and oxygen atoms in total. The number of nitrogens with zero attached hydrogens (tertiary/aromatic N) is 5. The third kappa shape index (κ3) is 2.75. The Morgan fingerprint density at radius 2 is 1.97 bits per heavy atom. The fourth-order valence-electron chi connectivity index (χ4n) is 5.62. The summed E-state index contributed by atoms with van der Waals surface area (Å²) in [6.07, 6.45) is 7.87. The summed E-state index contributed by atoms with van der Waals surface area (Å²) in [5, 5.41) is 6.56. The van der Waals surface area contributed by atoms with Gasteiger partial charge in [0.25, 0.3) is 5.56 Å². The molecular weight excluding hydrogens is 426 g/mol. The molecule has 1 aromatic carbocycles. The molecule has 9 heteroatoms. The van der Waals surface area contributed by atoms with Gasteiger partial charge in [-0.15, -0.1) is 0 Å². The Bertz CT molecular complexity index is 1400. The van der Waals surface area contributed by atoms with E-state index in [0.717, 1.165) is 60.2 Å². The molecule has 2 aliphatic rings. The van der Waals surface area contributed by atoms with E-state index in [2.05, 4.69) is 15.0 Å². The molecule has 32 heavy (non-hydrogen) atoms. The predicted octanol–water partition coefficient (Wildman–Crippen LogP) is 3.41. The summed E-state index contributed by atoms with van der Waals surface area (Å²) in [4.78, 5) is 24.0. The number of benzene rings is 1. The summed E-state index contributed by atoms with van der Waals surface area (Å²) in [6, 6.07) is 4.81. The van der Waals surface area contributed by atoms with Gasteiger partial charge in [0, 0.05) is 60.6 Å². The maximum Gasteiger partial charge on any atom is 0.264 e. The standard InChI is InChI=1S/C23H26ClN7O/c1-3-30-11-17-18(28-30)7-6-15(20(17)24)16-10-26-21-19(16)22(32)29(2)23(27-21)31-13-4-5-14(31)9-12(25)8-13/h6-7,10-14,26H,3-5,8-9,25H2,1-2H3. The second-order valence-electron chi connectivity index (χ2n) is 9.07. The van der Waals surface area contributed by atoms with Gasteiger partial charge in [-0.3, -0.25) is 14.0 Å². The largest absolute Gasteiger partial charge is 0.345 e. The van der Waals surface area contributed by atoms with Gasteiger partial charge in [-0.05, 0) is 38.7 Å². The van der Waals surface area contributed by atoms with Crippen molar-refractivity contribution in [2.24, 2.45) is 12.8 Å². The van der Waals surface area contributed by atoms with E-state index in [4.69, 9.17) is 22.3 Å². The van der Waals surface area contributed by atoms with Gasteiger partial charge < -0.3 is 15.6 Å². The summed E-state index contributed by atoms with van der Waals surface area (Å²) >= 11 is 6.79. The summed E-state index contributed by atoms with van der Waals surface area (Å²) in [5.41, 5.74) is 9.17. The van der Waals surface area contributed by atoms with E-state index in [1.165, 1.54) is 0 Å². The van der Waals surface area contributed by atoms with Gasteiger partial charge in [-0.1, -0.05) is 17.7 Å². The third-order valence-electron chi connectivity index (χ3n) is 7.18. The first-order valence-electron chi connectivity index (χ1n) is 11.2. The van der Waals surface area contributed by atoms with Gasteiger partial charge in [0.15, 0.2) is 0 Å². The summed E-state index contributed by atoms with van der Waals surface area (Å²) in [6.45, 7) is 2.81. The molecule has 0 aliphatic carbocycles. The average molecular weight is 452 g/mol. The van der Waals surface area contributed by atoms with Crippen molar-refractivity contribution in [3.05, 3.63) is 39.9 Å². The lowest BCUT2D eigenvalue weighted by atomic mass is 9.98. The Kier molecular flexibility index (Phi) is 4.39. The molecule has 4 aromatic rings. The van der Waals surface area contributed by atoms with Crippen molar-refractivity contribution in [2.45, 2.75) is 57.3 Å². The van der Waals surface area contributed by atoms with Crippen molar-refractivity contribution < 1.29 is 0 Å². The minimum atomic E-state index is -0.0732. The number of anilines is 1. The number of rotatable bonds is 3. The smallest absolute Gasteiger partial charge is 0.264 e. The number of aryl methyl sites for hydroxylation is 1. The van der Waals surface area contributed by atoms with Crippen LogP contribution in [-0.2, 0) is 13.6 Å². The highest BCUT2D eigenvalue weighted by Crippen LogP contribution is 2.39. The van der Waals surface area contributed by atoms with E-state index in [9.17, 15) is 4.79 Å². The van der Waals surface area contributed by atoms with E-state index in [1.807, 2.05) is 43.2 Å². The lowest BCUT2D eigenvalue weighted by Crippen LogP contribution is -2.49. The fraction of sp³-hybridized carbons (Fsp3) is 0.435. The van der Waals surface area contributed by atoms with Gasteiger partial charge in [0.1, 0.15) is 5.65 Å². The molecule has 2 saturated heterocycles. The SMILES string of the molecule is CCn1cc2c(Cl)c(-c3c[nH]c4nc(N5C6CCC5CC(N)C6)n(C)c(=O)c34)ccc2n1. The van der Waals surface area contributed by atoms with E-state index >= 15 is 0 Å². The molecule has 5 heterocycles. The first-order valence-corrected chi connectivity index (χ1v) is 11.6. The number of H-pyrrole nitrogens is 1. The summed E-state index contributed by atoms with van der Waals surface area (Å²) in [7, 11) is 1.81. The van der Waals surface area contributed by atoms with Gasteiger partial charge in [-0.2, -0.15) is 10.1 Å². The topological polar surface area (TPSA) is 97.8 Å². The van der Waals surface area contributed by atoms with E-state index in [1.54, 1.807) is 4.57 Å². The zero-order valence-corrected chi connectivity index (χ0v) is 18.9. The minimum absolute atomic E-state index is 0.0732. The van der Waals surface area contributed by atoms with E-state index in [0.29, 0.717) is 28.1 Å². The van der Waals surface area contributed by atoms with E-state index < -0.39 is 0 Å². The summed E-state index contributed by atoms with van der Waals surface area (Å²) < 4.78 is 3.55. The van der Waals surface area contributed by atoms with Crippen molar-refractivity contribution in [3.8, 4) is 11.1 Å². The normalized spacial score (nSPS) is 23.0. The first-order chi connectivity index (χ1) is 15.5. The number of halogens is 1. The van der Waals surface area contributed by atoms with Gasteiger partial charge in [-0.25, -0.2) is 0 Å². The first kappa shape index (κ1) is 19.8. The molecule has 0 amide bonds. The molecule has 3 aromatic heterocycles. The van der Waals surface area contributed by atoms with Crippen LogP contribution in [0.5, 0.6) is 0 Å². The molecule has 2 bridgehead atoms. The van der Waals surface area contributed by atoms with E-state index in [-0.39, 0.29) is 11.6 Å². The highest BCUT2D eigenvalue weighted by Gasteiger charge is 2.41. The van der Waals surface area contributed by atoms with Crippen molar-refractivity contribution in [3.63, 3.8) is 0 Å². The number of aromatic amines is 1. The maximum atomic E-state index is 13.6. The molecule has 6 rings (SSSR count). The molecule has 2 aliphatic heterocycles. The summed E-state index contributed by atoms with van der Waals surface area (Å²) in [5.74, 6) is 0.723. The quantitative estimate of drug-likeness (QED) is 0.497. The van der Waals surface area contributed by atoms with Crippen LogP contribution in [0.3, 0.4) is 0 Å². The van der Waals surface area contributed by atoms with Crippen LogP contribution in [0.1, 0.15) is 32.6 Å². The van der Waals surface area contributed by atoms with Crippen LogP contribution in [0.15, 0.2) is 29.3 Å². The van der Waals surface area contributed by atoms with Gasteiger partial charge in [0.05, 0.1) is 15.9 Å². The highest BCUT2D eigenvalue weighted by molar-refractivity contribution is 6.38. The Hall–Kier alpha value is -2.84. The average Bonchev–Trinajstić information content (AvgIpc) is 3.46. The van der Waals surface area contributed by atoms with Crippen molar-refractivity contribution in [1.82, 2.24) is 24.3 Å². The van der Waals surface area contributed by atoms with Crippen LogP contribution in [-0.4, -0.2) is 42.4 Å². The monoisotopic (exact) mass is 451 g/mol. The maximum absolute atomic E-state index is 13.6. The number of hydrogen-bond donors (Lipinski definition) is 2. The molecule has 2 unspecified atom stereocenters. The van der Waals surface area contributed by atoms with Crippen LogP contribution in [0, 0.1) is 0 Å². The second kappa shape index (κ2) is 7.08. The fourth-order valence-corrected chi connectivity index (χ4v) is 5.93. The van der Waals surface area contributed by atoms with Crippen LogP contribution in [0.2, 0.25) is 5.02 Å². The number of nitrogens with two attached hydrogens (primary N) is 1. The molecule has 0 radical (unpaired) electrons. The zero-order valence-electron chi connectivity index (χ0n) is 18.2. The predicted molar refractivity (Wildman–Crippen MR) is 127 cm³/mol. The number of piperidine rings is 1. The molecular formula is C23H26ClN7O. The van der Waals surface area contributed by atoms with Crippen LogP contribution < -0.4 is 16.2 Å².